The molecule has 1 aliphatic rings. The van der Waals surface area contributed by atoms with Gasteiger partial charge in [0.2, 0.25) is 5.91 Å². The van der Waals surface area contributed by atoms with Crippen LogP contribution in [-0.2, 0) is 9.59 Å². The van der Waals surface area contributed by atoms with Crippen molar-refractivity contribution in [2.24, 2.45) is 5.73 Å². The molecule has 0 atom stereocenters. The largest absolute Gasteiger partial charge is 0.481 e. The van der Waals surface area contributed by atoms with E-state index in [4.69, 9.17) is 10.8 Å². The predicted octanol–water partition coefficient (Wildman–Crippen LogP) is 0.291. The van der Waals surface area contributed by atoms with Crippen LogP contribution < -0.4 is 11.1 Å². The fourth-order valence-corrected chi connectivity index (χ4v) is 2.29. The molecule has 0 heterocycles. The van der Waals surface area contributed by atoms with E-state index >= 15 is 0 Å². The number of primary amides is 1. The number of carboxylic acid groups (broad SMARTS) is 1. The van der Waals surface area contributed by atoms with E-state index < -0.39 is 11.9 Å². The van der Waals surface area contributed by atoms with Crippen LogP contribution in [-0.4, -0.2) is 47.0 Å². The Hall–Kier alpha value is -1.79. The molecule has 1 saturated carbocycles. The quantitative estimate of drug-likeness (QED) is 0.577. The summed E-state index contributed by atoms with van der Waals surface area (Å²) in [5, 5.41) is 11.1. The van der Waals surface area contributed by atoms with E-state index in [1.165, 1.54) is 4.90 Å². The Morgan fingerprint density at radius 1 is 1.26 bits per heavy atom. The molecule has 0 bridgehead atoms. The maximum atomic E-state index is 12.0. The number of nitrogens with one attached hydrogen (secondary N) is 1. The Morgan fingerprint density at radius 2 is 1.89 bits per heavy atom. The highest BCUT2D eigenvalue weighted by atomic mass is 16.4. The molecule has 0 aromatic rings. The van der Waals surface area contributed by atoms with Gasteiger partial charge in [-0.05, 0) is 19.3 Å². The van der Waals surface area contributed by atoms with Crippen molar-refractivity contribution in [1.29, 1.82) is 0 Å². The maximum absolute atomic E-state index is 12.0. The summed E-state index contributed by atoms with van der Waals surface area (Å²) in [7, 11) is 0. The summed E-state index contributed by atoms with van der Waals surface area (Å²) in [5.74, 6) is -1.42. The number of carbonyl (C=O) groups is 3. The first-order valence-electron chi connectivity index (χ1n) is 6.55. The van der Waals surface area contributed by atoms with Crippen molar-refractivity contribution >= 4 is 17.9 Å². The lowest BCUT2D eigenvalue weighted by molar-refractivity contribution is -0.137. The zero-order valence-electron chi connectivity index (χ0n) is 10.9. The zero-order valence-corrected chi connectivity index (χ0v) is 10.9. The molecule has 0 unspecified atom stereocenters. The summed E-state index contributed by atoms with van der Waals surface area (Å²) in [4.78, 5) is 34.8. The lowest BCUT2D eigenvalue weighted by Crippen LogP contribution is -2.49. The van der Waals surface area contributed by atoms with Gasteiger partial charge in [-0.2, -0.15) is 0 Å². The van der Waals surface area contributed by atoms with Crippen molar-refractivity contribution in [2.45, 2.75) is 44.6 Å². The third-order valence-corrected chi connectivity index (χ3v) is 3.20. The molecule has 0 radical (unpaired) electrons. The van der Waals surface area contributed by atoms with Crippen molar-refractivity contribution in [3.8, 4) is 0 Å². The number of rotatable bonds is 7. The van der Waals surface area contributed by atoms with E-state index in [2.05, 4.69) is 5.32 Å². The molecule has 0 aromatic carbocycles. The SMILES string of the molecule is NC(=O)CN(C(=O)NCCCC(=O)O)C1CCCC1. The topological polar surface area (TPSA) is 113 Å². The van der Waals surface area contributed by atoms with Crippen LogP contribution in [0.15, 0.2) is 0 Å². The summed E-state index contributed by atoms with van der Waals surface area (Å²) in [5.41, 5.74) is 5.15. The van der Waals surface area contributed by atoms with Gasteiger partial charge in [0, 0.05) is 19.0 Å². The number of aliphatic carboxylic acids is 1. The van der Waals surface area contributed by atoms with Gasteiger partial charge in [-0.3, -0.25) is 9.59 Å². The second-order valence-corrected chi connectivity index (χ2v) is 4.76. The lowest BCUT2D eigenvalue weighted by Gasteiger charge is -2.27. The molecule has 0 spiro atoms. The Kier molecular flexibility index (Phi) is 6.11. The van der Waals surface area contributed by atoms with Gasteiger partial charge >= 0.3 is 12.0 Å². The Morgan fingerprint density at radius 3 is 2.42 bits per heavy atom. The molecule has 1 aliphatic carbocycles. The smallest absolute Gasteiger partial charge is 0.318 e. The van der Waals surface area contributed by atoms with Crippen molar-refractivity contribution < 1.29 is 19.5 Å². The summed E-state index contributed by atoms with van der Waals surface area (Å²) < 4.78 is 0. The first kappa shape index (κ1) is 15.3. The van der Waals surface area contributed by atoms with Crippen LogP contribution in [0.4, 0.5) is 4.79 Å². The minimum Gasteiger partial charge on any atom is -0.481 e. The predicted molar refractivity (Wildman–Crippen MR) is 68.4 cm³/mol. The number of hydrogen-bond donors (Lipinski definition) is 3. The summed E-state index contributed by atoms with van der Waals surface area (Å²) in [6, 6.07) is -0.275. The Balaban J connectivity index is 2.42. The second kappa shape index (κ2) is 7.60. The van der Waals surface area contributed by atoms with Gasteiger partial charge in [0.25, 0.3) is 0 Å². The molecule has 0 aliphatic heterocycles. The number of nitrogens with zero attached hydrogens (tertiary/aromatic N) is 1. The molecular weight excluding hydrogens is 250 g/mol. The molecule has 19 heavy (non-hydrogen) atoms. The van der Waals surface area contributed by atoms with Crippen LogP contribution in [0.25, 0.3) is 0 Å². The van der Waals surface area contributed by atoms with Gasteiger partial charge in [-0.15, -0.1) is 0 Å². The molecule has 1 rings (SSSR count). The van der Waals surface area contributed by atoms with E-state index in [-0.39, 0.29) is 31.6 Å². The molecule has 1 fully saturated rings. The highest BCUT2D eigenvalue weighted by Gasteiger charge is 2.27. The van der Waals surface area contributed by atoms with Crippen molar-refractivity contribution in [3.63, 3.8) is 0 Å². The lowest BCUT2D eigenvalue weighted by atomic mass is 10.2. The third kappa shape index (κ3) is 5.58. The van der Waals surface area contributed by atoms with Crippen molar-refractivity contribution in [2.75, 3.05) is 13.1 Å². The third-order valence-electron chi connectivity index (χ3n) is 3.20. The van der Waals surface area contributed by atoms with E-state index in [9.17, 15) is 14.4 Å². The van der Waals surface area contributed by atoms with Crippen molar-refractivity contribution in [3.05, 3.63) is 0 Å². The second-order valence-electron chi connectivity index (χ2n) is 4.76. The van der Waals surface area contributed by atoms with Gasteiger partial charge in [0.15, 0.2) is 0 Å². The zero-order chi connectivity index (χ0) is 14.3. The van der Waals surface area contributed by atoms with Crippen LogP contribution in [0, 0.1) is 0 Å². The summed E-state index contributed by atoms with van der Waals surface area (Å²) >= 11 is 0. The van der Waals surface area contributed by atoms with Crippen LogP contribution >= 0.6 is 0 Å². The maximum Gasteiger partial charge on any atom is 0.318 e. The summed E-state index contributed by atoms with van der Waals surface area (Å²) in [6.07, 6.45) is 4.25. The standard InChI is InChI=1S/C12H21N3O4/c13-10(16)8-15(9-4-1-2-5-9)12(19)14-7-3-6-11(17)18/h9H,1-8H2,(H2,13,16)(H,14,19)(H,17,18). The van der Waals surface area contributed by atoms with Gasteiger partial charge in [0.1, 0.15) is 6.54 Å². The highest BCUT2D eigenvalue weighted by molar-refractivity contribution is 5.83. The average Bonchev–Trinajstić information content (AvgIpc) is 2.84. The molecule has 4 N–H and O–H groups in total. The monoisotopic (exact) mass is 271 g/mol. The minimum absolute atomic E-state index is 0.0134. The normalized spacial score (nSPS) is 15.2. The fraction of sp³-hybridized carbons (Fsp3) is 0.750. The summed E-state index contributed by atoms with van der Waals surface area (Å²) in [6.45, 7) is 0.197. The van der Waals surface area contributed by atoms with Crippen molar-refractivity contribution in [1.82, 2.24) is 10.2 Å². The number of hydrogen-bond acceptors (Lipinski definition) is 3. The van der Waals surface area contributed by atoms with E-state index in [0.29, 0.717) is 6.42 Å². The van der Waals surface area contributed by atoms with Gasteiger partial charge in [-0.1, -0.05) is 12.8 Å². The molecular formula is C12H21N3O4. The van der Waals surface area contributed by atoms with Crippen LogP contribution in [0.3, 0.4) is 0 Å². The number of nitrogens with two attached hydrogens (primary N) is 1. The van der Waals surface area contributed by atoms with E-state index in [1.807, 2.05) is 0 Å². The van der Waals surface area contributed by atoms with E-state index in [1.54, 1.807) is 0 Å². The number of carbonyl (C=O) groups excluding carboxylic acids is 2. The molecule has 3 amide bonds. The highest BCUT2D eigenvalue weighted by Crippen LogP contribution is 2.23. The molecule has 7 nitrogen and oxygen atoms in total. The van der Waals surface area contributed by atoms with Crippen LogP contribution in [0.1, 0.15) is 38.5 Å². The fourth-order valence-electron chi connectivity index (χ4n) is 2.29. The Bertz CT molecular complexity index is 340. The first-order chi connectivity index (χ1) is 9.00. The van der Waals surface area contributed by atoms with E-state index in [0.717, 1.165) is 25.7 Å². The van der Waals surface area contributed by atoms with Gasteiger partial charge in [0.05, 0.1) is 0 Å². The first-order valence-corrected chi connectivity index (χ1v) is 6.55. The van der Waals surface area contributed by atoms with Gasteiger partial charge < -0.3 is 21.1 Å². The molecule has 0 aromatic heterocycles. The molecule has 108 valence electrons. The van der Waals surface area contributed by atoms with Crippen LogP contribution in [0.2, 0.25) is 0 Å². The Labute approximate surface area is 112 Å². The number of amides is 3. The number of carboxylic acids is 1. The molecule has 0 saturated heterocycles. The number of urea groups is 1. The average molecular weight is 271 g/mol. The molecule has 7 heteroatoms. The van der Waals surface area contributed by atoms with Gasteiger partial charge in [-0.25, -0.2) is 4.79 Å². The van der Waals surface area contributed by atoms with Crippen LogP contribution in [0.5, 0.6) is 0 Å². The minimum atomic E-state index is -0.890.